The maximum Gasteiger partial charge on any atom is 0.191 e. The molecular formula is C18H23N3O4S2. The molecule has 0 amide bonds. The van der Waals surface area contributed by atoms with E-state index >= 15 is 0 Å². The summed E-state index contributed by atoms with van der Waals surface area (Å²) in [7, 11) is -3.00. The van der Waals surface area contributed by atoms with Gasteiger partial charge in [0.05, 0.1) is 17.6 Å². The number of hydrogen-bond donors (Lipinski definition) is 1. The Hall–Kier alpha value is -1.84. The Kier molecular flexibility index (Phi) is 6.56. The van der Waals surface area contributed by atoms with E-state index in [4.69, 9.17) is 4.74 Å². The van der Waals surface area contributed by atoms with Crippen LogP contribution in [0, 0.1) is 0 Å². The van der Waals surface area contributed by atoms with Gasteiger partial charge in [0.15, 0.2) is 15.0 Å². The number of sulfone groups is 1. The highest BCUT2D eigenvalue weighted by molar-refractivity contribution is 7.99. The summed E-state index contributed by atoms with van der Waals surface area (Å²) in [5, 5.41) is 19.2. The van der Waals surface area contributed by atoms with E-state index in [0.717, 1.165) is 0 Å². The molecule has 1 aromatic heterocycles. The molecule has 1 aromatic carbocycles. The zero-order chi connectivity index (χ0) is 19.3. The highest BCUT2D eigenvalue weighted by Crippen LogP contribution is 2.30. The van der Waals surface area contributed by atoms with Crippen LogP contribution in [0.3, 0.4) is 0 Å². The van der Waals surface area contributed by atoms with Crippen LogP contribution < -0.4 is 4.74 Å². The summed E-state index contributed by atoms with van der Waals surface area (Å²) in [6.07, 6.45) is 1.63. The van der Waals surface area contributed by atoms with Crippen molar-refractivity contribution in [3.8, 4) is 5.75 Å². The van der Waals surface area contributed by atoms with Crippen molar-refractivity contribution in [2.24, 2.45) is 0 Å². The second-order valence-electron chi connectivity index (χ2n) is 6.43. The third kappa shape index (κ3) is 5.33. The third-order valence-corrected chi connectivity index (χ3v) is 7.12. The van der Waals surface area contributed by atoms with Crippen molar-refractivity contribution in [2.45, 2.75) is 30.1 Å². The van der Waals surface area contributed by atoms with Gasteiger partial charge in [0.1, 0.15) is 18.2 Å². The molecule has 0 aliphatic carbocycles. The minimum absolute atomic E-state index is 0.112. The molecule has 1 N–H and O–H groups in total. The van der Waals surface area contributed by atoms with Crippen LogP contribution in [0.4, 0.5) is 0 Å². The number of aromatic nitrogens is 3. The molecule has 1 aliphatic heterocycles. The van der Waals surface area contributed by atoms with Crippen LogP contribution in [-0.2, 0) is 16.4 Å². The van der Waals surface area contributed by atoms with E-state index in [1.54, 1.807) is 6.08 Å². The van der Waals surface area contributed by atoms with Gasteiger partial charge in [-0.2, -0.15) is 0 Å². The Morgan fingerprint density at radius 3 is 2.81 bits per heavy atom. The minimum Gasteiger partial charge on any atom is -0.491 e. The van der Waals surface area contributed by atoms with Gasteiger partial charge < -0.3 is 14.4 Å². The molecule has 27 heavy (non-hydrogen) atoms. The average Bonchev–Trinajstić information content (AvgIpc) is 3.22. The number of hydrogen-bond acceptors (Lipinski definition) is 7. The number of rotatable bonds is 9. The summed E-state index contributed by atoms with van der Waals surface area (Å²) in [5.74, 6) is 1.94. The van der Waals surface area contributed by atoms with E-state index in [0.29, 0.717) is 35.4 Å². The van der Waals surface area contributed by atoms with Crippen molar-refractivity contribution in [2.75, 3.05) is 23.9 Å². The monoisotopic (exact) mass is 409 g/mol. The van der Waals surface area contributed by atoms with Crippen LogP contribution in [0.1, 0.15) is 18.2 Å². The number of allylic oxidation sites excluding steroid dienone is 1. The van der Waals surface area contributed by atoms with Gasteiger partial charge in [0, 0.05) is 18.2 Å². The largest absolute Gasteiger partial charge is 0.491 e. The zero-order valence-corrected chi connectivity index (χ0v) is 16.5. The van der Waals surface area contributed by atoms with Crippen molar-refractivity contribution in [3.05, 3.63) is 48.8 Å². The predicted octanol–water partition coefficient (Wildman–Crippen LogP) is 1.90. The summed E-state index contributed by atoms with van der Waals surface area (Å²) in [4.78, 5) is 0. The van der Waals surface area contributed by atoms with Gasteiger partial charge in [-0.25, -0.2) is 8.42 Å². The van der Waals surface area contributed by atoms with Gasteiger partial charge in [-0.1, -0.05) is 36.0 Å². The Balaban J connectivity index is 1.60. The first-order valence-corrected chi connectivity index (χ1v) is 11.5. The summed E-state index contributed by atoms with van der Waals surface area (Å²) in [6.45, 7) is 4.44. The van der Waals surface area contributed by atoms with Gasteiger partial charge >= 0.3 is 0 Å². The Morgan fingerprint density at radius 2 is 2.15 bits per heavy atom. The predicted molar refractivity (Wildman–Crippen MR) is 105 cm³/mol. The van der Waals surface area contributed by atoms with Crippen LogP contribution in [0.15, 0.2) is 48.1 Å². The van der Waals surface area contributed by atoms with Gasteiger partial charge in [-0.3, -0.25) is 0 Å². The number of thioether (sulfide) groups is 1. The van der Waals surface area contributed by atoms with E-state index < -0.39 is 15.9 Å². The van der Waals surface area contributed by atoms with Crippen molar-refractivity contribution in [1.82, 2.24) is 14.8 Å². The molecule has 1 aliphatic rings. The fourth-order valence-electron chi connectivity index (χ4n) is 2.94. The highest BCUT2D eigenvalue weighted by atomic mass is 32.2. The number of ether oxygens (including phenoxy) is 1. The third-order valence-electron chi connectivity index (χ3n) is 4.25. The van der Waals surface area contributed by atoms with Gasteiger partial charge in [0.2, 0.25) is 0 Å². The molecule has 2 heterocycles. The van der Waals surface area contributed by atoms with Crippen LogP contribution in [0.2, 0.25) is 0 Å². The number of aliphatic hydroxyl groups excluding tert-OH is 1. The molecule has 146 valence electrons. The smallest absolute Gasteiger partial charge is 0.191 e. The van der Waals surface area contributed by atoms with Gasteiger partial charge in [0.25, 0.3) is 0 Å². The lowest BCUT2D eigenvalue weighted by Crippen LogP contribution is -2.20. The Morgan fingerprint density at radius 1 is 1.37 bits per heavy atom. The summed E-state index contributed by atoms with van der Waals surface area (Å²) < 4.78 is 31.0. The number of para-hydroxylation sites is 1. The molecule has 2 aromatic rings. The number of benzene rings is 1. The van der Waals surface area contributed by atoms with Gasteiger partial charge in [-0.15, -0.1) is 16.8 Å². The Labute approximate surface area is 163 Å². The first kappa shape index (κ1) is 19.9. The second-order valence-corrected chi connectivity index (χ2v) is 9.64. The molecule has 0 unspecified atom stereocenters. The lowest BCUT2D eigenvalue weighted by molar-refractivity contribution is 0.126. The molecule has 3 rings (SSSR count). The van der Waals surface area contributed by atoms with Crippen LogP contribution in [-0.4, -0.2) is 58.3 Å². The normalized spacial score (nSPS) is 19.7. The van der Waals surface area contributed by atoms with E-state index in [1.807, 2.05) is 34.9 Å². The van der Waals surface area contributed by atoms with E-state index in [9.17, 15) is 13.5 Å². The molecule has 0 saturated carbocycles. The fraction of sp³-hybridized carbons (Fsp3) is 0.444. The van der Waals surface area contributed by atoms with E-state index in [-0.39, 0.29) is 24.0 Å². The quantitative estimate of drug-likeness (QED) is 0.499. The van der Waals surface area contributed by atoms with E-state index in [2.05, 4.69) is 16.8 Å². The molecular weight excluding hydrogens is 386 g/mol. The molecule has 1 fully saturated rings. The molecule has 0 bridgehead atoms. The average molecular weight is 410 g/mol. The molecule has 2 atom stereocenters. The minimum atomic E-state index is -3.00. The zero-order valence-electron chi connectivity index (χ0n) is 14.9. The van der Waals surface area contributed by atoms with E-state index in [1.165, 1.54) is 11.8 Å². The maximum atomic E-state index is 11.8. The highest BCUT2D eigenvalue weighted by Gasteiger charge is 2.33. The number of nitrogens with zero attached hydrogens (tertiary/aromatic N) is 3. The first-order valence-electron chi connectivity index (χ1n) is 8.71. The summed E-state index contributed by atoms with van der Waals surface area (Å²) >= 11 is 1.37. The first-order chi connectivity index (χ1) is 13.0. The maximum absolute atomic E-state index is 11.8. The van der Waals surface area contributed by atoms with Crippen molar-refractivity contribution >= 4 is 21.6 Å². The van der Waals surface area contributed by atoms with Crippen molar-refractivity contribution in [3.63, 3.8) is 0 Å². The lowest BCUT2D eigenvalue weighted by atomic mass is 10.1. The summed E-state index contributed by atoms with van der Waals surface area (Å²) in [6, 6.07) is 9.32. The Bertz CT molecular complexity index is 868. The van der Waals surface area contributed by atoms with Crippen LogP contribution in [0.5, 0.6) is 5.75 Å². The molecule has 0 radical (unpaired) electrons. The van der Waals surface area contributed by atoms with Crippen molar-refractivity contribution < 1.29 is 18.3 Å². The van der Waals surface area contributed by atoms with Gasteiger partial charge in [-0.05, 0) is 18.6 Å². The fourth-order valence-corrected chi connectivity index (χ4v) is 5.54. The lowest BCUT2D eigenvalue weighted by Gasteiger charge is -2.13. The van der Waals surface area contributed by atoms with Crippen LogP contribution >= 0.6 is 11.8 Å². The van der Waals surface area contributed by atoms with Crippen LogP contribution in [0.25, 0.3) is 0 Å². The molecule has 9 heteroatoms. The number of aliphatic hydroxyl groups is 1. The SMILES string of the molecule is C=CCn1c(SC[C@@H](O)COc2ccccc2)nnc1[C@H]1CCS(=O)(=O)C1. The summed E-state index contributed by atoms with van der Waals surface area (Å²) in [5.41, 5.74) is 0. The topological polar surface area (TPSA) is 94.3 Å². The molecule has 7 nitrogen and oxygen atoms in total. The standard InChI is InChI=1S/C18H23N3O4S2/c1-2-9-21-17(14-8-10-27(23,24)13-14)19-20-18(21)26-12-15(22)11-25-16-6-4-3-5-7-16/h2-7,14-15,22H,1,8-13H2/t14-,15-/m0/s1. The molecule has 1 saturated heterocycles. The second kappa shape index (κ2) is 8.90. The van der Waals surface area contributed by atoms with Crippen molar-refractivity contribution in [1.29, 1.82) is 0 Å². The molecule has 0 spiro atoms.